The zero-order valence-corrected chi connectivity index (χ0v) is 9.95. The Morgan fingerprint density at radius 2 is 2.06 bits per heavy atom. The zero-order chi connectivity index (χ0) is 14.1. The highest BCUT2D eigenvalue weighted by Gasteiger charge is 2.48. The van der Waals surface area contributed by atoms with Crippen LogP contribution in [-0.4, -0.2) is 30.2 Å². The lowest BCUT2D eigenvalue weighted by molar-refractivity contribution is -0.175. The second-order valence-corrected chi connectivity index (χ2v) is 4.41. The minimum atomic E-state index is -5.03. The van der Waals surface area contributed by atoms with E-state index in [9.17, 15) is 22.8 Å². The first-order valence-electron chi connectivity index (χ1n) is 5.39. The summed E-state index contributed by atoms with van der Waals surface area (Å²) in [5, 5.41) is 1.64. The third kappa shape index (κ3) is 2.83. The molecule has 1 aliphatic rings. The quantitative estimate of drug-likeness (QED) is 0.620. The number of amides is 1. The molecule has 1 fully saturated rings. The molecule has 7 heteroatoms. The Hall–Kier alpha value is -1.53. The van der Waals surface area contributed by atoms with Crippen LogP contribution >= 0.6 is 0 Å². The Morgan fingerprint density at radius 3 is 2.44 bits per heavy atom. The van der Waals surface area contributed by atoms with E-state index in [0.717, 1.165) is 0 Å². The molecule has 3 atom stereocenters. The van der Waals surface area contributed by atoms with Crippen molar-refractivity contribution in [2.45, 2.75) is 32.2 Å². The highest BCUT2D eigenvalue weighted by Crippen LogP contribution is 2.29. The monoisotopic (exact) mass is 265 g/mol. The molecule has 0 unspecified atom stereocenters. The molecule has 0 aromatic rings. The Balaban J connectivity index is 2.85. The molecule has 102 valence electrons. The van der Waals surface area contributed by atoms with E-state index in [0.29, 0.717) is 0 Å². The summed E-state index contributed by atoms with van der Waals surface area (Å²) in [5.74, 6) is -3.76. The zero-order valence-electron chi connectivity index (χ0n) is 9.95. The van der Waals surface area contributed by atoms with E-state index in [1.807, 2.05) is 0 Å². The number of rotatable bonds is 3. The molecule has 0 spiro atoms. The van der Waals surface area contributed by atoms with Gasteiger partial charge in [-0.25, -0.2) is 4.79 Å². The van der Waals surface area contributed by atoms with Crippen molar-refractivity contribution < 1.29 is 27.5 Å². The van der Waals surface area contributed by atoms with Gasteiger partial charge in [0.15, 0.2) is 0 Å². The second kappa shape index (κ2) is 4.99. The van der Waals surface area contributed by atoms with Crippen molar-refractivity contribution in [2.24, 2.45) is 11.8 Å². The molecule has 0 aromatic heterocycles. The van der Waals surface area contributed by atoms with E-state index >= 15 is 0 Å². The van der Waals surface area contributed by atoms with Crippen LogP contribution in [0.15, 0.2) is 12.7 Å². The first-order valence-corrected chi connectivity index (χ1v) is 5.39. The molecule has 0 aliphatic carbocycles. The van der Waals surface area contributed by atoms with Crippen molar-refractivity contribution in [3.63, 3.8) is 0 Å². The van der Waals surface area contributed by atoms with Crippen molar-refractivity contribution in [2.75, 3.05) is 0 Å². The fraction of sp³-hybridized carbons (Fsp3) is 0.636. The fourth-order valence-electron chi connectivity index (χ4n) is 1.86. The summed E-state index contributed by atoms with van der Waals surface area (Å²) >= 11 is 0. The number of hydrogen-bond donors (Lipinski definition) is 1. The van der Waals surface area contributed by atoms with Gasteiger partial charge in [-0.05, 0) is 5.92 Å². The minimum absolute atomic E-state index is 0.0789. The van der Waals surface area contributed by atoms with Gasteiger partial charge in [0.05, 0.1) is 0 Å². The smallest absolute Gasteiger partial charge is 0.460 e. The predicted octanol–water partition coefficient (Wildman–Crippen LogP) is 1.42. The molecule has 1 saturated heterocycles. The number of halogens is 3. The number of ether oxygens (including phenoxy) is 1. The topological polar surface area (TPSA) is 55.4 Å². The summed E-state index contributed by atoms with van der Waals surface area (Å²) in [6.07, 6.45) is -4.27. The summed E-state index contributed by atoms with van der Waals surface area (Å²) in [6, 6.07) is -1.33. The van der Waals surface area contributed by atoms with Crippen molar-refractivity contribution in [3.8, 4) is 0 Å². The average Bonchev–Trinajstić information content (AvgIpc) is 2.54. The Morgan fingerprint density at radius 1 is 1.50 bits per heavy atom. The van der Waals surface area contributed by atoms with Gasteiger partial charge in [0.2, 0.25) is 0 Å². The molecule has 0 radical (unpaired) electrons. The Labute approximate surface area is 102 Å². The van der Waals surface area contributed by atoms with Gasteiger partial charge in [-0.3, -0.25) is 4.79 Å². The van der Waals surface area contributed by atoms with E-state index < -0.39 is 36.1 Å². The van der Waals surface area contributed by atoms with Gasteiger partial charge in [-0.2, -0.15) is 13.2 Å². The third-order valence-corrected chi connectivity index (χ3v) is 2.74. The van der Waals surface area contributed by atoms with Crippen LogP contribution in [-0.2, 0) is 14.3 Å². The van der Waals surface area contributed by atoms with Crippen molar-refractivity contribution >= 4 is 11.9 Å². The second-order valence-electron chi connectivity index (χ2n) is 4.41. The summed E-state index contributed by atoms with van der Waals surface area (Å²) in [7, 11) is 0. The molecule has 4 nitrogen and oxygen atoms in total. The molecule has 1 aliphatic heterocycles. The first-order chi connectivity index (χ1) is 8.18. The van der Waals surface area contributed by atoms with E-state index in [1.54, 1.807) is 19.2 Å². The molecule has 0 bridgehead atoms. The van der Waals surface area contributed by atoms with E-state index in [4.69, 9.17) is 4.74 Å². The highest BCUT2D eigenvalue weighted by molar-refractivity contribution is 5.89. The van der Waals surface area contributed by atoms with Crippen LogP contribution in [0.5, 0.6) is 0 Å². The van der Waals surface area contributed by atoms with Crippen molar-refractivity contribution in [1.82, 2.24) is 5.32 Å². The van der Waals surface area contributed by atoms with Crippen LogP contribution in [0.2, 0.25) is 0 Å². The normalized spacial score (nSPS) is 28.1. The Bertz CT molecular complexity index is 365. The SMILES string of the molecule is C=C[C@H]1[C@@H](C(C)C)OC(=O)[C@@H]1NC(=O)C(F)(F)F. The maximum atomic E-state index is 12.1. The number of carbonyl (C=O) groups excluding carboxylic acids is 2. The van der Waals surface area contributed by atoms with Gasteiger partial charge < -0.3 is 10.1 Å². The Kier molecular flexibility index (Phi) is 4.03. The first kappa shape index (κ1) is 14.5. The molecule has 0 aromatic carbocycles. The van der Waals surface area contributed by atoms with Gasteiger partial charge in [0.25, 0.3) is 0 Å². The van der Waals surface area contributed by atoms with Crippen molar-refractivity contribution in [3.05, 3.63) is 12.7 Å². The molecule has 1 N–H and O–H groups in total. The molecular formula is C11H14F3NO3. The standard InChI is InChI=1S/C11H14F3NO3/c1-4-6-7(15-10(17)11(12,13)14)9(16)18-8(6)5(2)3/h4-8H,1H2,2-3H3,(H,15,17)/t6-,7-,8-/m1/s1. The van der Waals surface area contributed by atoms with E-state index in [2.05, 4.69) is 6.58 Å². The minimum Gasteiger partial charge on any atom is -0.460 e. The van der Waals surface area contributed by atoms with Gasteiger partial charge in [-0.15, -0.1) is 6.58 Å². The molecule has 0 saturated carbocycles. The fourth-order valence-corrected chi connectivity index (χ4v) is 1.86. The van der Waals surface area contributed by atoms with Gasteiger partial charge in [0.1, 0.15) is 12.1 Å². The van der Waals surface area contributed by atoms with Crippen LogP contribution in [0.1, 0.15) is 13.8 Å². The van der Waals surface area contributed by atoms with E-state index in [-0.39, 0.29) is 5.92 Å². The van der Waals surface area contributed by atoms with Gasteiger partial charge in [0, 0.05) is 5.92 Å². The lowest BCUT2D eigenvalue weighted by atomic mass is 9.90. The molecule has 18 heavy (non-hydrogen) atoms. The third-order valence-electron chi connectivity index (χ3n) is 2.74. The average molecular weight is 265 g/mol. The predicted molar refractivity (Wildman–Crippen MR) is 56.4 cm³/mol. The van der Waals surface area contributed by atoms with E-state index in [1.165, 1.54) is 6.08 Å². The maximum Gasteiger partial charge on any atom is 0.471 e. The van der Waals surface area contributed by atoms with Crippen LogP contribution in [0, 0.1) is 11.8 Å². The summed E-state index contributed by atoms with van der Waals surface area (Å²) in [5.41, 5.74) is 0. The number of hydrogen-bond acceptors (Lipinski definition) is 3. The summed E-state index contributed by atoms with van der Waals surface area (Å²) in [6.45, 7) is 7.00. The van der Waals surface area contributed by atoms with Gasteiger partial charge >= 0.3 is 18.1 Å². The largest absolute Gasteiger partial charge is 0.471 e. The van der Waals surface area contributed by atoms with Crippen LogP contribution < -0.4 is 5.32 Å². The maximum absolute atomic E-state index is 12.1. The molecule has 1 amide bonds. The number of carbonyl (C=O) groups is 2. The highest BCUT2D eigenvalue weighted by atomic mass is 19.4. The number of nitrogens with one attached hydrogen (secondary N) is 1. The lowest BCUT2D eigenvalue weighted by Gasteiger charge is -2.20. The van der Waals surface area contributed by atoms with Crippen LogP contribution in [0.4, 0.5) is 13.2 Å². The molecule has 1 rings (SSSR count). The number of alkyl halides is 3. The van der Waals surface area contributed by atoms with Crippen molar-refractivity contribution in [1.29, 1.82) is 0 Å². The van der Waals surface area contributed by atoms with Gasteiger partial charge in [-0.1, -0.05) is 19.9 Å². The molecular weight excluding hydrogens is 251 g/mol. The summed E-state index contributed by atoms with van der Waals surface area (Å²) < 4.78 is 41.3. The number of esters is 1. The van der Waals surface area contributed by atoms with Crippen LogP contribution in [0.3, 0.4) is 0 Å². The lowest BCUT2D eigenvalue weighted by Crippen LogP contribution is -2.48. The number of cyclic esters (lactones) is 1. The molecule has 1 heterocycles. The van der Waals surface area contributed by atoms with Crippen LogP contribution in [0.25, 0.3) is 0 Å². The summed E-state index contributed by atoms with van der Waals surface area (Å²) in [4.78, 5) is 22.3.